The number of rotatable bonds is 3. The van der Waals surface area contributed by atoms with Crippen molar-refractivity contribution in [2.75, 3.05) is 12.4 Å². The average Bonchev–Trinajstić information content (AvgIpc) is 2.60. The van der Waals surface area contributed by atoms with Gasteiger partial charge in [-0.05, 0) is 18.9 Å². The van der Waals surface area contributed by atoms with Crippen LogP contribution in [0.5, 0.6) is 0 Å². The highest BCUT2D eigenvalue weighted by atomic mass is 19.4. The Bertz CT molecular complexity index is 1020. The summed E-state index contributed by atoms with van der Waals surface area (Å²) in [5, 5.41) is 13.2. The summed E-state index contributed by atoms with van der Waals surface area (Å²) >= 11 is 0. The van der Waals surface area contributed by atoms with Gasteiger partial charge in [-0.1, -0.05) is 19.3 Å². The van der Waals surface area contributed by atoms with Crippen molar-refractivity contribution in [2.45, 2.75) is 44.3 Å². The zero-order chi connectivity index (χ0) is 19.9. The molecule has 1 saturated carbocycles. The molecular weight excluding hydrogens is 369 g/mol. The number of nitrogens with one attached hydrogen (secondary N) is 2. The maximum absolute atomic E-state index is 13.7. The molecule has 2 aromatic heterocycles. The Balaban J connectivity index is 2.45. The third kappa shape index (κ3) is 3.17. The van der Waals surface area contributed by atoms with Crippen LogP contribution in [0.15, 0.2) is 15.7 Å². The van der Waals surface area contributed by atoms with Crippen LogP contribution in [0.4, 0.5) is 24.5 Å². The predicted molar refractivity (Wildman–Crippen MR) is 92.2 cm³/mol. The van der Waals surface area contributed by atoms with Gasteiger partial charge in [0.15, 0.2) is 0 Å². The lowest BCUT2D eigenvalue weighted by Gasteiger charge is -2.27. The van der Waals surface area contributed by atoms with Crippen molar-refractivity contribution in [3.63, 3.8) is 0 Å². The highest BCUT2D eigenvalue weighted by molar-refractivity contribution is 5.95. The zero-order valence-corrected chi connectivity index (χ0v) is 14.4. The molecule has 0 aromatic carbocycles. The molecule has 0 unspecified atom stereocenters. The fraction of sp³-hybridized carbons (Fsp3) is 0.500. The highest BCUT2D eigenvalue weighted by Gasteiger charge is 2.38. The van der Waals surface area contributed by atoms with Crippen LogP contribution in [-0.2, 0) is 6.18 Å². The van der Waals surface area contributed by atoms with Gasteiger partial charge in [-0.15, -0.1) is 0 Å². The lowest BCUT2D eigenvalue weighted by Crippen LogP contribution is -2.34. The Kier molecular flexibility index (Phi) is 4.70. The van der Waals surface area contributed by atoms with E-state index in [1.165, 1.54) is 7.05 Å². The molecule has 1 fully saturated rings. The van der Waals surface area contributed by atoms with Crippen molar-refractivity contribution in [3.05, 3.63) is 42.6 Å². The molecular formula is C16H17F3N4O4. The van der Waals surface area contributed by atoms with E-state index in [2.05, 4.69) is 10.3 Å². The van der Waals surface area contributed by atoms with Crippen LogP contribution in [0, 0.1) is 10.1 Å². The number of aromatic nitrogens is 2. The van der Waals surface area contributed by atoms with Crippen LogP contribution in [0.1, 0.15) is 43.8 Å². The maximum atomic E-state index is 13.7. The van der Waals surface area contributed by atoms with Crippen molar-refractivity contribution in [1.82, 2.24) is 9.55 Å². The molecule has 2 aromatic rings. The summed E-state index contributed by atoms with van der Waals surface area (Å²) in [6, 6.07) is 0.0594. The monoisotopic (exact) mass is 386 g/mol. The van der Waals surface area contributed by atoms with Crippen LogP contribution in [0.3, 0.4) is 0 Å². The van der Waals surface area contributed by atoms with E-state index in [-0.39, 0.29) is 10.9 Å². The second-order valence-electron chi connectivity index (χ2n) is 6.47. The Morgan fingerprint density at radius 3 is 2.41 bits per heavy atom. The first-order valence-corrected chi connectivity index (χ1v) is 8.41. The molecule has 2 heterocycles. The van der Waals surface area contributed by atoms with Gasteiger partial charge in [0.1, 0.15) is 16.9 Å². The molecule has 0 saturated heterocycles. The van der Waals surface area contributed by atoms with Gasteiger partial charge < -0.3 is 10.3 Å². The maximum Gasteiger partial charge on any atom is 0.431 e. The number of nitrogens with zero attached hydrogens (tertiary/aromatic N) is 2. The second kappa shape index (κ2) is 6.71. The SMILES string of the molecule is CNc1c([N+](=O)[O-])c(=O)[nH]c2c(=O)n(C3CCCCC3)c(C(F)(F)F)cc12. The first-order valence-electron chi connectivity index (χ1n) is 8.41. The number of pyridine rings is 2. The summed E-state index contributed by atoms with van der Waals surface area (Å²) in [5.74, 6) is 0. The number of nitro groups is 1. The van der Waals surface area contributed by atoms with E-state index in [0.717, 1.165) is 6.42 Å². The number of anilines is 1. The Morgan fingerprint density at radius 1 is 1.26 bits per heavy atom. The van der Waals surface area contributed by atoms with Crippen molar-refractivity contribution in [1.29, 1.82) is 0 Å². The number of alkyl halides is 3. The summed E-state index contributed by atoms with van der Waals surface area (Å²) in [6.07, 6.45) is -1.71. The minimum atomic E-state index is -4.83. The first kappa shape index (κ1) is 18.9. The molecule has 1 aliphatic carbocycles. The molecule has 0 radical (unpaired) electrons. The van der Waals surface area contributed by atoms with Gasteiger partial charge in [-0.3, -0.25) is 24.3 Å². The van der Waals surface area contributed by atoms with Gasteiger partial charge in [0.25, 0.3) is 5.56 Å². The summed E-state index contributed by atoms with van der Waals surface area (Å²) in [5.41, 5.74) is -5.07. The van der Waals surface area contributed by atoms with E-state index < -0.39 is 45.3 Å². The first-order chi connectivity index (χ1) is 12.7. The molecule has 0 spiro atoms. The lowest BCUT2D eigenvalue weighted by molar-refractivity contribution is -0.385. The Morgan fingerprint density at radius 2 is 1.89 bits per heavy atom. The predicted octanol–water partition coefficient (Wildman–Crippen LogP) is 3.16. The van der Waals surface area contributed by atoms with Gasteiger partial charge in [-0.2, -0.15) is 13.2 Å². The third-order valence-electron chi connectivity index (χ3n) is 4.87. The van der Waals surface area contributed by atoms with Crippen molar-refractivity contribution < 1.29 is 18.1 Å². The van der Waals surface area contributed by atoms with Gasteiger partial charge in [0.2, 0.25) is 0 Å². The summed E-state index contributed by atoms with van der Waals surface area (Å²) in [7, 11) is 1.24. The smallest absolute Gasteiger partial charge is 0.382 e. The topological polar surface area (TPSA) is 110 Å². The fourth-order valence-corrected chi connectivity index (χ4v) is 3.70. The molecule has 2 N–H and O–H groups in total. The minimum Gasteiger partial charge on any atom is -0.382 e. The number of aromatic amines is 1. The van der Waals surface area contributed by atoms with Crippen molar-refractivity contribution >= 4 is 22.3 Å². The molecule has 8 nitrogen and oxygen atoms in total. The van der Waals surface area contributed by atoms with E-state index in [0.29, 0.717) is 36.3 Å². The van der Waals surface area contributed by atoms with Crippen molar-refractivity contribution in [2.24, 2.45) is 0 Å². The highest BCUT2D eigenvalue weighted by Crippen LogP contribution is 2.37. The minimum absolute atomic E-state index is 0.340. The molecule has 0 aliphatic heterocycles. The average molecular weight is 386 g/mol. The summed E-state index contributed by atoms with van der Waals surface area (Å²) in [6.45, 7) is 0. The van der Waals surface area contributed by atoms with E-state index in [4.69, 9.17) is 0 Å². The van der Waals surface area contributed by atoms with E-state index in [1.54, 1.807) is 0 Å². The van der Waals surface area contributed by atoms with Crippen LogP contribution in [-0.4, -0.2) is 21.5 Å². The normalized spacial score (nSPS) is 15.9. The van der Waals surface area contributed by atoms with E-state index >= 15 is 0 Å². The number of hydrogen-bond donors (Lipinski definition) is 2. The van der Waals surface area contributed by atoms with Crippen LogP contribution >= 0.6 is 0 Å². The number of halogens is 3. The fourth-order valence-electron chi connectivity index (χ4n) is 3.70. The van der Waals surface area contributed by atoms with Gasteiger partial charge in [0, 0.05) is 18.5 Å². The molecule has 0 amide bonds. The molecule has 11 heteroatoms. The largest absolute Gasteiger partial charge is 0.431 e. The zero-order valence-electron chi connectivity index (χ0n) is 14.4. The van der Waals surface area contributed by atoms with Crippen LogP contribution < -0.4 is 16.4 Å². The number of fused-ring (bicyclic) bond motifs is 1. The quantitative estimate of drug-likeness (QED) is 0.622. The Labute approximate surface area is 150 Å². The summed E-state index contributed by atoms with van der Waals surface area (Å²) < 4.78 is 41.8. The van der Waals surface area contributed by atoms with Gasteiger partial charge >= 0.3 is 17.4 Å². The lowest BCUT2D eigenvalue weighted by atomic mass is 9.94. The standard InChI is InChI=1S/C16H17F3N4O4/c1-20-11-9-7-10(16(17,18)19)22(8-5-3-2-4-6-8)15(25)12(9)21-14(24)13(11)23(26)27/h7-8H,2-6H2,1H3,(H2,20,21,24). The summed E-state index contributed by atoms with van der Waals surface area (Å²) in [4.78, 5) is 37.2. The molecule has 27 heavy (non-hydrogen) atoms. The molecule has 0 bridgehead atoms. The van der Waals surface area contributed by atoms with Crippen LogP contribution in [0.2, 0.25) is 0 Å². The van der Waals surface area contributed by atoms with Gasteiger partial charge in [0.05, 0.1) is 4.92 Å². The molecule has 146 valence electrons. The Hall–Kier alpha value is -2.85. The van der Waals surface area contributed by atoms with E-state index in [9.17, 15) is 32.9 Å². The second-order valence-corrected chi connectivity index (χ2v) is 6.47. The van der Waals surface area contributed by atoms with E-state index in [1.807, 2.05) is 0 Å². The molecule has 1 aliphatic rings. The van der Waals surface area contributed by atoms with Crippen molar-refractivity contribution in [3.8, 4) is 0 Å². The third-order valence-corrected chi connectivity index (χ3v) is 4.87. The van der Waals surface area contributed by atoms with Gasteiger partial charge in [-0.25, -0.2) is 0 Å². The molecule has 3 rings (SSSR count). The number of H-pyrrole nitrogens is 1. The number of hydrogen-bond acceptors (Lipinski definition) is 5. The van der Waals surface area contributed by atoms with Crippen LogP contribution in [0.25, 0.3) is 10.9 Å². The molecule has 0 atom stereocenters.